The molecule has 2 nitrogen and oxygen atoms in total. The van der Waals surface area contributed by atoms with Crippen molar-refractivity contribution in [2.24, 2.45) is 0 Å². The second-order valence-electron chi connectivity index (χ2n) is 4.30. The second kappa shape index (κ2) is 5.31. The van der Waals surface area contributed by atoms with Crippen LogP contribution in [0.1, 0.15) is 15.4 Å². The van der Waals surface area contributed by atoms with Crippen LogP contribution < -0.4 is 0 Å². The highest BCUT2D eigenvalue weighted by Crippen LogP contribution is 2.23. The summed E-state index contributed by atoms with van der Waals surface area (Å²) in [4.78, 5) is 16.5. The molecule has 100 valence electrons. The lowest BCUT2D eigenvalue weighted by atomic mass is 10.1. The number of Topliss-reactive ketones (excluding diaryl/α,β-unsaturated/α-hetero) is 1. The number of hydrogen-bond donors (Lipinski definition) is 0. The Labute approximate surface area is 123 Å². The molecule has 5 heteroatoms. The first-order chi connectivity index (χ1) is 9.63. The number of carbonyl (C=O) groups is 1. The minimum atomic E-state index is -0.525. The highest BCUT2D eigenvalue weighted by molar-refractivity contribution is 7.18. The van der Waals surface area contributed by atoms with Crippen molar-refractivity contribution in [2.75, 3.05) is 0 Å². The zero-order chi connectivity index (χ0) is 14.1. The number of para-hydroxylation sites is 1. The lowest BCUT2D eigenvalue weighted by Crippen LogP contribution is -2.03. The molecule has 0 saturated carbocycles. The number of carbonyl (C=O) groups excluding carboxylic acids is 1. The maximum absolute atomic E-state index is 13.1. The fourth-order valence-corrected chi connectivity index (χ4v) is 3.05. The van der Waals surface area contributed by atoms with Crippen LogP contribution in [-0.4, -0.2) is 10.8 Å². The fourth-order valence-electron chi connectivity index (χ4n) is 1.90. The summed E-state index contributed by atoms with van der Waals surface area (Å²) in [6, 6.07) is 11.7. The largest absolute Gasteiger partial charge is 0.294 e. The van der Waals surface area contributed by atoms with Crippen molar-refractivity contribution in [1.29, 1.82) is 0 Å². The fraction of sp³-hybridized carbons (Fsp3) is 0.0667. The van der Waals surface area contributed by atoms with Gasteiger partial charge in [0.05, 0.1) is 21.7 Å². The van der Waals surface area contributed by atoms with Gasteiger partial charge in [0.15, 0.2) is 5.78 Å². The molecule has 0 aliphatic heterocycles. The van der Waals surface area contributed by atoms with Crippen molar-refractivity contribution >= 4 is 38.9 Å². The zero-order valence-corrected chi connectivity index (χ0v) is 11.8. The van der Waals surface area contributed by atoms with Gasteiger partial charge in [-0.15, -0.1) is 11.3 Å². The summed E-state index contributed by atoms with van der Waals surface area (Å²) in [6.07, 6.45) is 0.196. The van der Waals surface area contributed by atoms with Gasteiger partial charge in [0.1, 0.15) is 10.8 Å². The number of thiazole rings is 1. The molecule has 2 aromatic carbocycles. The van der Waals surface area contributed by atoms with Gasteiger partial charge >= 0.3 is 0 Å². The van der Waals surface area contributed by atoms with E-state index in [1.807, 2.05) is 24.3 Å². The lowest BCUT2D eigenvalue weighted by Gasteiger charge is -2.00. The Hall–Kier alpha value is -1.78. The molecule has 0 atom stereocenters. The molecule has 0 amide bonds. The minimum absolute atomic E-state index is 0.0415. The van der Waals surface area contributed by atoms with Crippen LogP contribution in [0.3, 0.4) is 0 Å². The Balaban J connectivity index is 1.86. The number of nitrogens with zero attached hydrogens (tertiary/aromatic N) is 1. The summed E-state index contributed by atoms with van der Waals surface area (Å²) >= 11 is 7.17. The second-order valence-corrected chi connectivity index (χ2v) is 5.83. The van der Waals surface area contributed by atoms with Gasteiger partial charge in [0.25, 0.3) is 0 Å². The van der Waals surface area contributed by atoms with E-state index in [0.29, 0.717) is 5.56 Å². The Bertz CT molecular complexity index is 766. The number of benzene rings is 2. The van der Waals surface area contributed by atoms with E-state index in [1.54, 1.807) is 0 Å². The van der Waals surface area contributed by atoms with E-state index in [1.165, 1.54) is 29.5 Å². The van der Waals surface area contributed by atoms with E-state index in [-0.39, 0.29) is 17.2 Å². The van der Waals surface area contributed by atoms with Gasteiger partial charge in [0, 0.05) is 5.56 Å². The molecule has 0 bridgehead atoms. The first-order valence-corrected chi connectivity index (χ1v) is 7.15. The highest BCUT2D eigenvalue weighted by atomic mass is 35.5. The lowest BCUT2D eigenvalue weighted by molar-refractivity contribution is 0.0993. The third kappa shape index (κ3) is 2.57. The summed E-state index contributed by atoms with van der Waals surface area (Å²) in [6.45, 7) is 0. The molecule has 3 rings (SSSR count). The SMILES string of the molecule is O=C(Cc1nc2ccccc2s1)c1ccc(F)c(Cl)c1. The van der Waals surface area contributed by atoms with E-state index >= 15 is 0 Å². The van der Waals surface area contributed by atoms with Gasteiger partial charge in [-0.2, -0.15) is 0 Å². The average Bonchev–Trinajstić information content (AvgIpc) is 2.83. The summed E-state index contributed by atoms with van der Waals surface area (Å²) in [5, 5.41) is 0.705. The first kappa shape index (κ1) is 13.2. The molecule has 1 aromatic heterocycles. The van der Waals surface area contributed by atoms with E-state index in [0.717, 1.165) is 15.2 Å². The van der Waals surface area contributed by atoms with Crippen LogP contribution >= 0.6 is 22.9 Å². The molecule has 0 aliphatic carbocycles. The van der Waals surface area contributed by atoms with Crippen molar-refractivity contribution < 1.29 is 9.18 Å². The van der Waals surface area contributed by atoms with Gasteiger partial charge in [0.2, 0.25) is 0 Å². The van der Waals surface area contributed by atoms with Crippen molar-refractivity contribution in [3.63, 3.8) is 0 Å². The van der Waals surface area contributed by atoms with Gasteiger partial charge < -0.3 is 0 Å². The van der Waals surface area contributed by atoms with Crippen LogP contribution in [0.2, 0.25) is 5.02 Å². The third-order valence-corrected chi connectivity index (χ3v) is 4.22. The molecule has 0 unspecified atom stereocenters. The summed E-state index contributed by atoms with van der Waals surface area (Å²) in [5.74, 6) is -0.644. The predicted octanol–water partition coefficient (Wildman–Crippen LogP) is 4.51. The standard InChI is InChI=1S/C15H9ClFNOS/c16-10-7-9(5-6-11(10)17)13(19)8-15-18-12-3-1-2-4-14(12)20-15/h1-7H,8H2. The van der Waals surface area contributed by atoms with E-state index < -0.39 is 5.82 Å². The van der Waals surface area contributed by atoms with Crippen LogP contribution in [0.5, 0.6) is 0 Å². The van der Waals surface area contributed by atoms with Crippen LogP contribution in [0.4, 0.5) is 4.39 Å². The molecule has 0 aliphatic rings. The predicted molar refractivity (Wildman–Crippen MR) is 79.1 cm³/mol. The molecule has 0 radical (unpaired) electrons. The van der Waals surface area contributed by atoms with E-state index in [9.17, 15) is 9.18 Å². The van der Waals surface area contributed by atoms with Gasteiger partial charge in [-0.1, -0.05) is 23.7 Å². The van der Waals surface area contributed by atoms with Crippen molar-refractivity contribution in [2.45, 2.75) is 6.42 Å². The number of ketones is 1. The van der Waals surface area contributed by atoms with Crippen LogP contribution in [0.25, 0.3) is 10.2 Å². The number of aromatic nitrogens is 1. The van der Waals surface area contributed by atoms with Gasteiger partial charge in [-0.25, -0.2) is 9.37 Å². The average molecular weight is 306 g/mol. The molecule has 0 spiro atoms. The Morgan fingerprint density at radius 1 is 1.25 bits per heavy atom. The normalized spacial score (nSPS) is 10.9. The summed E-state index contributed by atoms with van der Waals surface area (Å²) in [7, 11) is 0. The van der Waals surface area contributed by atoms with Crippen molar-refractivity contribution in [1.82, 2.24) is 4.98 Å². The van der Waals surface area contributed by atoms with Gasteiger partial charge in [-0.05, 0) is 30.3 Å². The molecule has 0 N–H and O–H groups in total. The van der Waals surface area contributed by atoms with E-state index in [2.05, 4.69) is 4.98 Å². The molecule has 3 aromatic rings. The Kier molecular flexibility index (Phi) is 3.51. The molecule has 1 heterocycles. The molecular weight excluding hydrogens is 297 g/mol. The molecular formula is C15H9ClFNOS. The monoisotopic (exact) mass is 305 g/mol. The van der Waals surface area contributed by atoms with Crippen molar-refractivity contribution in [3.8, 4) is 0 Å². The zero-order valence-electron chi connectivity index (χ0n) is 10.3. The third-order valence-electron chi connectivity index (χ3n) is 2.89. The van der Waals surface area contributed by atoms with E-state index in [4.69, 9.17) is 11.6 Å². The summed E-state index contributed by atoms with van der Waals surface area (Å²) in [5.41, 5.74) is 1.29. The van der Waals surface area contributed by atoms with Crippen LogP contribution in [0, 0.1) is 5.82 Å². The van der Waals surface area contributed by atoms with Crippen LogP contribution in [-0.2, 0) is 6.42 Å². The quantitative estimate of drug-likeness (QED) is 0.666. The topological polar surface area (TPSA) is 30.0 Å². The minimum Gasteiger partial charge on any atom is -0.294 e. The maximum atomic E-state index is 13.1. The number of rotatable bonds is 3. The molecule has 0 saturated heterocycles. The van der Waals surface area contributed by atoms with Gasteiger partial charge in [-0.3, -0.25) is 4.79 Å². The number of halogens is 2. The maximum Gasteiger partial charge on any atom is 0.169 e. The smallest absolute Gasteiger partial charge is 0.169 e. The van der Waals surface area contributed by atoms with Crippen LogP contribution in [0.15, 0.2) is 42.5 Å². The first-order valence-electron chi connectivity index (χ1n) is 5.96. The molecule has 20 heavy (non-hydrogen) atoms. The number of hydrogen-bond acceptors (Lipinski definition) is 3. The Morgan fingerprint density at radius 3 is 2.80 bits per heavy atom. The highest BCUT2D eigenvalue weighted by Gasteiger charge is 2.12. The Morgan fingerprint density at radius 2 is 2.05 bits per heavy atom. The summed E-state index contributed by atoms with van der Waals surface area (Å²) < 4.78 is 14.1. The number of fused-ring (bicyclic) bond motifs is 1. The molecule has 0 fully saturated rings. The van der Waals surface area contributed by atoms with Crippen molar-refractivity contribution in [3.05, 3.63) is 63.9 Å².